The summed E-state index contributed by atoms with van der Waals surface area (Å²) in [6.07, 6.45) is 2.23. The van der Waals surface area contributed by atoms with E-state index in [1.54, 1.807) is 4.90 Å². The second-order valence-corrected chi connectivity index (χ2v) is 12.6. The van der Waals surface area contributed by atoms with Gasteiger partial charge >= 0.3 is 0 Å². The molecule has 2 aliphatic rings. The zero-order valence-corrected chi connectivity index (χ0v) is 26.2. The third-order valence-electron chi connectivity index (χ3n) is 8.75. The van der Waals surface area contributed by atoms with Gasteiger partial charge in [-0.25, -0.2) is 13.8 Å². The fourth-order valence-electron chi connectivity index (χ4n) is 6.48. The first-order valence-electron chi connectivity index (χ1n) is 15.1. The number of benzene rings is 2. The second-order valence-electron chi connectivity index (χ2n) is 11.6. The number of aliphatic hydroxyl groups is 1. The Bertz CT molecular complexity index is 2000. The Morgan fingerprint density at radius 3 is 2.80 bits per heavy atom. The van der Waals surface area contributed by atoms with Gasteiger partial charge in [0.2, 0.25) is 5.91 Å². The lowest BCUT2D eigenvalue weighted by molar-refractivity contribution is -0.129. The van der Waals surface area contributed by atoms with Crippen LogP contribution in [0.5, 0.6) is 5.75 Å². The molecule has 0 radical (unpaired) electrons. The minimum atomic E-state index is -0.793. The molecule has 11 heteroatoms. The van der Waals surface area contributed by atoms with E-state index in [1.807, 2.05) is 47.3 Å². The third-order valence-corrected chi connectivity index (χ3v) is 9.68. The summed E-state index contributed by atoms with van der Waals surface area (Å²) in [4.78, 5) is 19.5. The minimum absolute atomic E-state index is 0.0288. The van der Waals surface area contributed by atoms with Gasteiger partial charge in [-0.15, -0.1) is 11.3 Å². The van der Waals surface area contributed by atoms with E-state index >= 15 is 4.39 Å². The van der Waals surface area contributed by atoms with Crippen LogP contribution in [0.1, 0.15) is 36.3 Å². The fraction of sp³-hybridized carbons (Fsp3) is 0.286. The molecule has 1 N–H and O–H groups in total. The van der Waals surface area contributed by atoms with Crippen LogP contribution in [-0.2, 0) is 29.0 Å². The molecule has 0 bridgehead atoms. The molecule has 2 aromatic carbocycles. The molecule has 236 valence electrons. The lowest BCUT2D eigenvalue weighted by Gasteiger charge is -2.33. The monoisotopic (exact) mass is 642 g/mol. The first kappa shape index (κ1) is 30.2. The van der Waals surface area contributed by atoms with Crippen molar-refractivity contribution in [2.75, 3.05) is 20.3 Å². The SMILES string of the molecule is C=CC(=O)N1Cc2cc(-c3nc(-c4ccc5c(c4)[C@H](O)CC5)c4ccsc4c3-c3c(F)cc(F)cc3OCCOC)nn2C[C@H]1C. The van der Waals surface area contributed by atoms with Gasteiger partial charge in [0, 0.05) is 46.5 Å². The number of aromatic nitrogens is 3. The quantitative estimate of drug-likeness (QED) is 0.150. The highest BCUT2D eigenvalue weighted by Gasteiger charge is 2.31. The zero-order valence-electron chi connectivity index (χ0n) is 25.4. The first-order chi connectivity index (χ1) is 22.3. The maximum atomic E-state index is 16.0. The van der Waals surface area contributed by atoms with Crippen LogP contribution in [0.2, 0.25) is 0 Å². The number of carbonyl (C=O) groups excluding carboxylic acids is 1. The molecule has 0 unspecified atom stereocenters. The maximum Gasteiger partial charge on any atom is 0.246 e. The van der Waals surface area contributed by atoms with Crippen molar-refractivity contribution in [1.29, 1.82) is 0 Å². The van der Waals surface area contributed by atoms with Crippen molar-refractivity contribution in [2.24, 2.45) is 0 Å². The van der Waals surface area contributed by atoms with Gasteiger partial charge in [0.25, 0.3) is 0 Å². The van der Waals surface area contributed by atoms with Gasteiger partial charge in [-0.05, 0) is 60.5 Å². The number of ether oxygens (including phenoxy) is 2. The number of carbonyl (C=O) groups is 1. The zero-order chi connectivity index (χ0) is 32.1. The number of thiophene rings is 1. The van der Waals surface area contributed by atoms with E-state index in [4.69, 9.17) is 19.6 Å². The van der Waals surface area contributed by atoms with Gasteiger partial charge in [0.05, 0.1) is 42.8 Å². The van der Waals surface area contributed by atoms with Gasteiger partial charge in [0.1, 0.15) is 35.4 Å². The molecule has 4 heterocycles. The molecule has 3 aromatic heterocycles. The van der Waals surface area contributed by atoms with Crippen molar-refractivity contribution >= 4 is 27.3 Å². The summed E-state index contributed by atoms with van der Waals surface area (Å²) in [5.41, 5.74) is 5.63. The van der Waals surface area contributed by atoms with E-state index in [2.05, 4.69) is 6.58 Å². The largest absolute Gasteiger partial charge is 0.490 e. The summed E-state index contributed by atoms with van der Waals surface area (Å²) < 4.78 is 44.2. The van der Waals surface area contributed by atoms with Crippen molar-refractivity contribution in [2.45, 2.75) is 45.0 Å². The average Bonchev–Trinajstić information content (AvgIpc) is 3.78. The number of fused-ring (bicyclic) bond motifs is 3. The highest BCUT2D eigenvalue weighted by molar-refractivity contribution is 7.18. The lowest BCUT2D eigenvalue weighted by atomic mass is 9.95. The Balaban J connectivity index is 1.48. The van der Waals surface area contributed by atoms with Crippen LogP contribution in [0.25, 0.3) is 43.9 Å². The first-order valence-corrected chi connectivity index (χ1v) is 16.0. The van der Waals surface area contributed by atoms with Crippen LogP contribution in [0.3, 0.4) is 0 Å². The Morgan fingerprint density at radius 2 is 2.00 bits per heavy atom. The Labute approximate surface area is 268 Å². The highest BCUT2D eigenvalue weighted by atomic mass is 32.1. The molecule has 0 spiro atoms. The number of amides is 1. The number of halogens is 2. The highest BCUT2D eigenvalue weighted by Crippen LogP contribution is 2.47. The molecular formula is C35H32F2N4O4S. The standard InChI is InChI=1S/C35H32F2N4O4S/c1-4-30(43)40-18-23-16-27(39-41(23)17-19(40)2)34-32(31-26(37)14-22(36)15-29(31)45-11-10-44-3)35-24(9-12-46-35)33(38-34)21-6-5-20-7-8-28(42)25(20)13-21/h4-6,9,12-16,19,28,42H,1,7-8,10-11,17-18H2,2-3H3/t19-,28-/m1/s1. The Hall–Kier alpha value is -4.45. The summed E-state index contributed by atoms with van der Waals surface area (Å²) in [5, 5.41) is 18.3. The number of hydrogen-bond acceptors (Lipinski definition) is 7. The third kappa shape index (κ3) is 5.18. The molecule has 0 saturated carbocycles. The van der Waals surface area contributed by atoms with E-state index in [0.717, 1.165) is 45.0 Å². The smallest absolute Gasteiger partial charge is 0.246 e. The summed E-state index contributed by atoms with van der Waals surface area (Å²) in [6, 6.07) is 11.7. The van der Waals surface area contributed by atoms with Crippen molar-refractivity contribution in [3.63, 3.8) is 0 Å². The Kier molecular flexibility index (Phi) is 7.92. The topological polar surface area (TPSA) is 89.7 Å². The van der Waals surface area contributed by atoms with Crippen LogP contribution in [0.15, 0.2) is 60.5 Å². The van der Waals surface area contributed by atoms with Crippen LogP contribution in [-0.4, -0.2) is 57.0 Å². The molecule has 0 fully saturated rings. The average molecular weight is 643 g/mol. The van der Waals surface area contributed by atoms with E-state index in [-0.39, 0.29) is 36.5 Å². The normalized spacial score (nSPS) is 17.3. The van der Waals surface area contributed by atoms with E-state index in [0.29, 0.717) is 42.2 Å². The fourth-order valence-corrected chi connectivity index (χ4v) is 7.43. The van der Waals surface area contributed by atoms with Crippen molar-refractivity contribution < 1.29 is 28.2 Å². The van der Waals surface area contributed by atoms with Crippen LogP contribution < -0.4 is 4.74 Å². The van der Waals surface area contributed by atoms with Crippen LogP contribution in [0.4, 0.5) is 8.78 Å². The summed E-state index contributed by atoms with van der Waals surface area (Å²) in [5.74, 6) is -1.70. The number of hydrogen-bond donors (Lipinski definition) is 1. The minimum Gasteiger partial charge on any atom is -0.490 e. The molecule has 46 heavy (non-hydrogen) atoms. The van der Waals surface area contributed by atoms with Crippen molar-refractivity contribution in [1.82, 2.24) is 19.7 Å². The second kappa shape index (κ2) is 12.1. The number of nitrogens with zero attached hydrogens (tertiary/aromatic N) is 4. The van der Waals surface area contributed by atoms with E-state index < -0.39 is 17.7 Å². The van der Waals surface area contributed by atoms with Gasteiger partial charge < -0.3 is 19.5 Å². The summed E-state index contributed by atoms with van der Waals surface area (Å²) >= 11 is 1.42. The number of pyridine rings is 1. The number of aliphatic hydroxyl groups excluding tert-OH is 1. The summed E-state index contributed by atoms with van der Waals surface area (Å²) in [6.45, 7) is 6.68. The molecule has 2 atom stereocenters. The lowest BCUT2D eigenvalue weighted by Crippen LogP contribution is -2.44. The molecule has 5 aromatic rings. The Morgan fingerprint density at radius 1 is 1.15 bits per heavy atom. The molecule has 7 rings (SSSR count). The van der Waals surface area contributed by atoms with Gasteiger partial charge in [-0.2, -0.15) is 5.10 Å². The molecular weight excluding hydrogens is 610 g/mol. The number of methoxy groups -OCH3 is 1. The van der Waals surface area contributed by atoms with Crippen molar-refractivity contribution in [3.05, 3.63) is 89.0 Å². The van der Waals surface area contributed by atoms with Crippen LogP contribution >= 0.6 is 11.3 Å². The predicted octanol–water partition coefficient (Wildman–Crippen LogP) is 6.69. The van der Waals surface area contributed by atoms with E-state index in [9.17, 15) is 14.3 Å². The molecule has 8 nitrogen and oxygen atoms in total. The van der Waals surface area contributed by atoms with Crippen LogP contribution in [0, 0.1) is 11.6 Å². The molecule has 1 aliphatic heterocycles. The van der Waals surface area contributed by atoms with Gasteiger partial charge in [0.15, 0.2) is 0 Å². The molecule has 1 amide bonds. The maximum absolute atomic E-state index is 16.0. The van der Waals surface area contributed by atoms with Gasteiger partial charge in [-0.3, -0.25) is 9.48 Å². The molecule has 0 saturated heterocycles. The van der Waals surface area contributed by atoms with Crippen molar-refractivity contribution in [3.8, 4) is 39.5 Å². The molecule has 1 aliphatic carbocycles. The van der Waals surface area contributed by atoms with E-state index in [1.165, 1.54) is 30.6 Å². The number of rotatable bonds is 8. The van der Waals surface area contributed by atoms with Gasteiger partial charge in [-0.1, -0.05) is 18.7 Å². The predicted molar refractivity (Wildman–Crippen MR) is 172 cm³/mol. The summed E-state index contributed by atoms with van der Waals surface area (Å²) in [7, 11) is 1.52. The number of aryl methyl sites for hydroxylation is 1.